The average molecular weight is 742 g/mol. The zero-order chi connectivity index (χ0) is 34.5. The molecule has 256 valence electrons. The van der Waals surface area contributed by atoms with Crippen LogP contribution in [0.25, 0.3) is 0 Å². The molecule has 2 atom stereocenters. The molecule has 0 amide bonds. The van der Waals surface area contributed by atoms with E-state index >= 15 is 0 Å². The van der Waals surface area contributed by atoms with Crippen molar-refractivity contribution in [2.45, 2.75) is 118 Å². The van der Waals surface area contributed by atoms with E-state index in [0.717, 1.165) is 27.8 Å². The molecule has 4 aromatic rings. The van der Waals surface area contributed by atoms with E-state index < -0.39 is 22.1 Å². The summed E-state index contributed by atoms with van der Waals surface area (Å²) in [4.78, 5) is 0.392. The Kier molecular flexibility index (Phi) is 14.8. The third kappa shape index (κ3) is 9.51. The molecule has 0 saturated heterocycles. The van der Waals surface area contributed by atoms with Crippen LogP contribution in [-0.2, 0) is 29.5 Å². The fraction of sp³-hybridized carbons (Fsp3) is 0.415. The summed E-state index contributed by atoms with van der Waals surface area (Å²) in [7, 11) is -3.88. The molecule has 0 aliphatic carbocycles. The fourth-order valence-corrected chi connectivity index (χ4v) is 7.93. The van der Waals surface area contributed by atoms with Crippen molar-refractivity contribution >= 4 is 10.0 Å². The van der Waals surface area contributed by atoms with E-state index in [9.17, 15) is 8.42 Å². The van der Waals surface area contributed by atoms with Crippen LogP contribution < -0.4 is 10.5 Å². The molecule has 0 aliphatic rings. The number of benzene rings is 4. The number of nitrogens with one attached hydrogen (secondary N) is 1. The van der Waals surface area contributed by atoms with Crippen LogP contribution in [0, 0.1) is 41.5 Å². The van der Waals surface area contributed by atoms with Gasteiger partial charge in [0.25, 0.3) is 0 Å². The maximum absolute atomic E-state index is 14.1. The summed E-state index contributed by atoms with van der Waals surface area (Å²) in [5.74, 6) is 0.421. The number of sulfonamides is 1. The van der Waals surface area contributed by atoms with Gasteiger partial charge in [0.1, 0.15) is 0 Å². The van der Waals surface area contributed by atoms with Crippen molar-refractivity contribution in [1.82, 2.24) is 4.72 Å². The average Bonchev–Trinajstić information content (AvgIpc) is 3.04. The largest absolute Gasteiger partial charge is 0.322 e. The van der Waals surface area contributed by atoms with Crippen molar-refractivity contribution in [2.24, 2.45) is 5.73 Å². The van der Waals surface area contributed by atoms with Gasteiger partial charge in [-0.25, -0.2) is 13.1 Å². The molecule has 0 spiro atoms. The zero-order valence-corrected chi connectivity index (χ0v) is 33.0. The zero-order valence-electron chi connectivity index (χ0n) is 30.5. The molecule has 4 nitrogen and oxygen atoms in total. The van der Waals surface area contributed by atoms with E-state index in [4.69, 9.17) is 5.73 Å². The maximum Gasteiger partial charge on any atom is 0.241 e. The monoisotopic (exact) mass is 742 g/mol. The first-order valence-corrected chi connectivity index (χ1v) is 18.1. The Labute approximate surface area is 298 Å². The van der Waals surface area contributed by atoms with Gasteiger partial charge < -0.3 is 5.73 Å². The normalized spacial score (nSPS) is 12.9. The second kappa shape index (κ2) is 17.2. The molecule has 0 heterocycles. The first-order chi connectivity index (χ1) is 21.5. The molecule has 4 aromatic carbocycles. The van der Waals surface area contributed by atoms with E-state index in [1.54, 1.807) is 0 Å². The molecule has 6 heteroatoms. The van der Waals surface area contributed by atoms with Crippen LogP contribution in [0.4, 0.5) is 0 Å². The van der Waals surface area contributed by atoms with E-state index in [0.29, 0.717) is 10.8 Å². The van der Waals surface area contributed by atoms with Crippen molar-refractivity contribution in [3.8, 4) is 0 Å². The number of rotatable bonds is 9. The molecule has 0 aliphatic heterocycles. The molecule has 0 fully saturated rings. The van der Waals surface area contributed by atoms with Crippen LogP contribution in [0.1, 0.15) is 133 Å². The molecule has 4 rings (SSSR count). The minimum atomic E-state index is -3.88. The van der Waals surface area contributed by atoms with E-state index in [1.807, 2.05) is 88.4 Å². The Morgan fingerprint density at radius 2 is 0.872 bits per heavy atom. The van der Waals surface area contributed by atoms with Crippen LogP contribution >= 0.6 is 0 Å². The first-order valence-electron chi connectivity index (χ1n) is 16.6. The summed E-state index contributed by atoms with van der Waals surface area (Å²) < 4.78 is 31.2. The summed E-state index contributed by atoms with van der Waals surface area (Å²) in [5, 5.41) is 0. The van der Waals surface area contributed by atoms with Gasteiger partial charge in [0.15, 0.2) is 0 Å². The van der Waals surface area contributed by atoms with Gasteiger partial charge in [-0.3, -0.25) is 0 Å². The molecule has 3 N–H and O–H groups in total. The van der Waals surface area contributed by atoms with Crippen molar-refractivity contribution in [1.29, 1.82) is 0 Å². The van der Waals surface area contributed by atoms with Gasteiger partial charge in [-0.15, -0.1) is 0 Å². The van der Waals surface area contributed by atoms with Gasteiger partial charge in [0.05, 0.1) is 17.0 Å². The van der Waals surface area contributed by atoms with Crippen LogP contribution in [0.15, 0.2) is 77.7 Å². The van der Waals surface area contributed by atoms with E-state index in [-0.39, 0.29) is 31.3 Å². The molecular weight excluding hydrogens is 686 g/mol. The maximum atomic E-state index is 14.1. The Morgan fingerprint density at radius 1 is 0.532 bits per heavy atom. The molecular formula is C41H56N2O2RuS. The van der Waals surface area contributed by atoms with Gasteiger partial charge in [-0.05, 0) is 120 Å². The predicted octanol–water partition coefficient (Wildman–Crippen LogP) is 10.3. The van der Waals surface area contributed by atoms with Crippen LogP contribution in [-0.4, -0.2) is 8.42 Å². The molecule has 0 saturated carbocycles. The number of hydrogen-bond donors (Lipinski definition) is 2. The predicted molar refractivity (Wildman–Crippen MR) is 196 cm³/mol. The number of hydrogen-bond acceptors (Lipinski definition) is 3. The summed E-state index contributed by atoms with van der Waals surface area (Å²) in [6.45, 7) is 25.7. The van der Waals surface area contributed by atoms with E-state index in [2.05, 4.69) is 72.2 Å². The van der Waals surface area contributed by atoms with Gasteiger partial charge in [0, 0.05) is 19.5 Å². The van der Waals surface area contributed by atoms with Crippen LogP contribution in [0.3, 0.4) is 0 Å². The SMILES string of the molecule is CC(C)c1cc(C(C)C)c(S(=O)(=O)N[C@@H](c2ccccc2)[C@@H](N)c2ccccc2)c(C(C)C)c1.Cc1c(C)c(C)c(C)c(C)c1C.[Ru]. The van der Waals surface area contributed by atoms with Gasteiger partial charge in [0.2, 0.25) is 10.0 Å². The third-order valence-electron chi connectivity index (χ3n) is 9.71. The number of nitrogens with two attached hydrogens (primary N) is 1. The quantitative estimate of drug-likeness (QED) is 0.168. The second-order valence-electron chi connectivity index (χ2n) is 13.7. The summed E-state index contributed by atoms with van der Waals surface area (Å²) >= 11 is 0. The Morgan fingerprint density at radius 3 is 1.19 bits per heavy atom. The first kappa shape index (κ1) is 40.5. The standard InChI is InChI=1S/C29H38N2O2S.C12H18.Ru/c1-19(2)24-17-25(20(3)4)29(26(18-24)21(5)6)34(32,33)31-28(23-15-11-8-12-16-23)27(30)22-13-9-7-10-14-22;1-7-8(2)10(4)12(6)11(5)9(7)3;/h7-21,27-28,31H,30H2,1-6H3;1-6H3;/t27-,28-;;/m0../s1. The van der Waals surface area contributed by atoms with Crippen molar-refractivity contribution in [3.05, 3.63) is 134 Å². The van der Waals surface area contributed by atoms with Crippen LogP contribution in [0.5, 0.6) is 0 Å². The second-order valence-corrected chi connectivity index (χ2v) is 15.3. The molecule has 47 heavy (non-hydrogen) atoms. The Balaban J connectivity index is 0.000000498. The van der Waals surface area contributed by atoms with Gasteiger partial charge >= 0.3 is 0 Å². The summed E-state index contributed by atoms with van der Waals surface area (Å²) in [5.41, 5.74) is 20.0. The Bertz CT molecular complexity index is 1600. The van der Waals surface area contributed by atoms with Crippen molar-refractivity contribution in [2.75, 3.05) is 0 Å². The van der Waals surface area contributed by atoms with E-state index in [1.165, 1.54) is 33.4 Å². The van der Waals surface area contributed by atoms with Crippen molar-refractivity contribution in [3.63, 3.8) is 0 Å². The molecule has 0 unspecified atom stereocenters. The minimum Gasteiger partial charge on any atom is -0.322 e. The summed E-state index contributed by atoms with van der Waals surface area (Å²) in [6.07, 6.45) is 0. The minimum absolute atomic E-state index is 0. The topological polar surface area (TPSA) is 72.2 Å². The smallest absolute Gasteiger partial charge is 0.241 e. The third-order valence-corrected chi connectivity index (χ3v) is 11.3. The molecule has 0 aromatic heterocycles. The van der Waals surface area contributed by atoms with Crippen LogP contribution in [0.2, 0.25) is 0 Å². The molecule has 0 radical (unpaired) electrons. The molecule has 0 bridgehead atoms. The van der Waals surface area contributed by atoms with Gasteiger partial charge in [-0.1, -0.05) is 114 Å². The van der Waals surface area contributed by atoms with Crippen molar-refractivity contribution < 1.29 is 27.9 Å². The fourth-order valence-electron chi connectivity index (χ4n) is 5.99. The summed E-state index contributed by atoms with van der Waals surface area (Å²) in [6, 6.07) is 22.2. The Hall–Kier alpha value is -2.63. The van der Waals surface area contributed by atoms with Gasteiger partial charge in [-0.2, -0.15) is 0 Å².